The average Bonchev–Trinajstić information content (AvgIpc) is 3.03. The van der Waals surface area contributed by atoms with Gasteiger partial charge in [-0.05, 0) is 42.0 Å². The molecule has 3 rings (SSSR count). The zero-order chi connectivity index (χ0) is 17.6. The largest absolute Gasteiger partial charge is 0.443 e. The number of amides is 1. The highest BCUT2D eigenvalue weighted by atomic mass is 35.5. The first-order valence-electron chi connectivity index (χ1n) is 7.41. The molecule has 25 heavy (non-hydrogen) atoms. The third-order valence-electron chi connectivity index (χ3n) is 3.26. The number of rotatable bonds is 5. The number of anilines is 1. The van der Waals surface area contributed by atoms with Gasteiger partial charge in [0.25, 0.3) is 0 Å². The summed E-state index contributed by atoms with van der Waals surface area (Å²) in [6, 6.07) is 12.8. The molecular weight excluding hydrogens is 347 g/mol. The van der Waals surface area contributed by atoms with E-state index in [2.05, 4.69) is 15.6 Å². The van der Waals surface area contributed by atoms with Crippen LogP contribution in [0.1, 0.15) is 11.3 Å². The summed E-state index contributed by atoms with van der Waals surface area (Å²) >= 11 is 5.95. The summed E-state index contributed by atoms with van der Waals surface area (Å²) < 4.78 is 19.5. The summed E-state index contributed by atoms with van der Waals surface area (Å²) in [6.07, 6.45) is 1.03. The van der Waals surface area contributed by atoms with Gasteiger partial charge in [-0.1, -0.05) is 28.9 Å². The van der Waals surface area contributed by atoms with Crippen molar-refractivity contribution in [1.29, 1.82) is 0 Å². The maximum absolute atomic E-state index is 12.8. The number of hydrogen-bond donors (Lipinski definition) is 1. The lowest BCUT2D eigenvalue weighted by atomic mass is 10.2. The zero-order valence-electron chi connectivity index (χ0n) is 13.0. The SMILES string of the molecule is O=C(Nc1ccc(F)cc1)OCc1cn(Cc2cccc(Cl)c2)nn1. The molecule has 1 amide bonds. The summed E-state index contributed by atoms with van der Waals surface area (Å²) in [6.45, 7) is 0.484. The monoisotopic (exact) mass is 360 g/mol. The molecule has 6 nitrogen and oxygen atoms in total. The minimum atomic E-state index is -0.656. The van der Waals surface area contributed by atoms with E-state index in [0.29, 0.717) is 22.9 Å². The van der Waals surface area contributed by atoms with E-state index in [1.165, 1.54) is 24.3 Å². The highest BCUT2D eigenvalue weighted by Gasteiger charge is 2.07. The highest BCUT2D eigenvalue weighted by molar-refractivity contribution is 6.30. The lowest BCUT2D eigenvalue weighted by molar-refractivity contribution is 0.153. The first-order chi connectivity index (χ1) is 12.1. The van der Waals surface area contributed by atoms with Gasteiger partial charge in [-0.15, -0.1) is 5.10 Å². The van der Waals surface area contributed by atoms with Crippen LogP contribution in [0.4, 0.5) is 14.9 Å². The molecule has 128 valence electrons. The number of carbonyl (C=O) groups is 1. The van der Waals surface area contributed by atoms with Gasteiger partial charge < -0.3 is 4.74 Å². The summed E-state index contributed by atoms with van der Waals surface area (Å²) in [5.41, 5.74) is 1.94. The molecule has 0 atom stereocenters. The van der Waals surface area contributed by atoms with Gasteiger partial charge in [-0.3, -0.25) is 5.32 Å². The normalized spacial score (nSPS) is 10.5. The van der Waals surface area contributed by atoms with Crippen LogP contribution in [0.25, 0.3) is 0 Å². The fourth-order valence-electron chi connectivity index (χ4n) is 2.13. The fourth-order valence-corrected chi connectivity index (χ4v) is 2.34. The van der Waals surface area contributed by atoms with Crippen LogP contribution in [0.15, 0.2) is 54.7 Å². The Balaban J connectivity index is 1.51. The van der Waals surface area contributed by atoms with Gasteiger partial charge in [0.15, 0.2) is 0 Å². The topological polar surface area (TPSA) is 69.0 Å². The van der Waals surface area contributed by atoms with Crippen molar-refractivity contribution in [3.05, 3.63) is 76.8 Å². The van der Waals surface area contributed by atoms with E-state index >= 15 is 0 Å². The number of benzene rings is 2. The number of hydrogen-bond acceptors (Lipinski definition) is 4. The fraction of sp³-hybridized carbons (Fsp3) is 0.118. The first kappa shape index (κ1) is 16.9. The highest BCUT2D eigenvalue weighted by Crippen LogP contribution is 2.12. The maximum atomic E-state index is 12.8. The Kier molecular flexibility index (Phi) is 5.25. The van der Waals surface area contributed by atoms with Crippen molar-refractivity contribution in [2.45, 2.75) is 13.2 Å². The van der Waals surface area contributed by atoms with E-state index in [0.717, 1.165) is 5.56 Å². The van der Waals surface area contributed by atoms with E-state index in [1.807, 2.05) is 18.2 Å². The molecule has 0 spiro atoms. The van der Waals surface area contributed by atoms with Crippen LogP contribution in [0, 0.1) is 5.82 Å². The molecule has 1 heterocycles. The Morgan fingerprint density at radius 2 is 2.04 bits per heavy atom. The van der Waals surface area contributed by atoms with Crippen LogP contribution in [0.5, 0.6) is 0 Å². The molecule has 2 aromatic carbocycles. The standard InChI is InChI=1S/C17H14ClFN4O2/c18-13-3-1-2-12(8-13)9-23-10-16(21-22-23)11-25-17(24)20-15-6-4-14(19)5-7-15/h1-8,10H,9,11H2,(H,20,24). The summed E-state index contributed by atoms with van der Waals surface area (Å²) in [7, 11) is 0. The molecule has 0 bridgehead atoms. The van der Waals surface area contributed by atoms with Crippen LogP contribution in [-0.4, -0.2) is 21.1 Å². The number of halogens is 2. The van der Waals surface area contributed by atoms with E-state index in [1.54, 1.807) is 16.9 Å². The Hall–Kier alpha value is -2.93. The minimum absolute atomic E-state index is 0.0252. The Morgan fingerprint density at radius 1 is 1.24 bits per heavy atom. The second-order valence-corrected chi connectivity index (χ2v) is 5.68. The van der Waals surface area contributed by atoms with Crippen LogP contribution in [0.2, 0.25) is 5.02 Å². The van der Waals surface area contributed by atoms with Gasteiger partial charge in [-0.25, -0.2) is 13.9 Å². The lowest BCUT2D eigenvalue weighted by Gasteiger charge is -2.05. The Labute approximate surface area is 148 Å². The number of nitrogens with zero attached hydrogens (tertiary/aromatic N) is 3. The molecule has 0 saturated carbocycles. The molecule has 0 fully saturated rings. The smallest absolute Gasteiger partial charge is 0.412 e. The average molecular weight is 361 g/mol. The van der Waals surface area contributed by atoms with E-state index < -0.39 is 6.09 Å². The van der Waals surface area contributed by atoms with E-state index in [-0.39, 0.29) is 12.4 Å². The summed E-state index contributed by atoms with van der Waals surface area (Å²) in [5.74, 6) is -0.379. The van der Waals surface area contributed by atoms with Gasteiger partial charge in [0.05, 0.1) is 12.7 Å². The molecule has 8 heteroatoms. The molecule has 0 aliphatic heterocycles. The van der Waals surface area contributed by atoms with E-state index in [9.17, 15) is 9.18 Å². The van der Waals surface area contributed by atoms with Crippen LogP contribution >= 0.6 is 11.6 Å². The summed E-state index contributed by atoms with van der Waals surface area (Å²) in [4.78, 5) is 11.7. The molecule has 1 aromatic heterocycles. The van der Waals surface area contributed by atoms with Crippen LogP contribution in [-0.2, 0) is 17.9 Å². The van der Waals surface area contributed by atoms with Crippen molar-refractivity contribution in [2.24, 2.45) is 0 Å². The first-order valence-corrected chi connectivity index (χ1v) is 7.79. The van der Waals surface area contributed by atoms with Crippen molar-refractivity contribution < 1.29 is 13.9 Å². The molecule has 0 aliphatic carbocycles. The molecule has 0 unspecified atom stereocenters. The number of ether oxygens (including phenoxy) is 1. The van der Waals surface area contributed by atoms with Gasteiger partial charge >= 0.3 is 6.09 Å². The van der Waals surface area contributed by atoms with Gasteiger partial charge in [0, 0.05) is 10.7 Å². The third-order valence-corrected chi connectivity index (χ3v) is 3.50. The Bertz CT molecular complexity index is 867. The minimum Gasteiger partial charge on any atom is -0.443 e. The van der Waals surface area contributed by atoms with Crippen LogP contribution < -0.4 is 5.32 Å². The molecule has 3 aromatic rings. The van der Waals surface area contributed by atoms with E-state index in [4.69, 9.17) is 16.3 Å². The van der Waals surface area contributed by atoms with Crippen molar-refractivity contribution >= 4 is 23.4 Å². The maximum Gasteiger partial charge on any atom is 0.412 e. The van der Waals surface area contributed by atoms with Crippen molar-refractivity contribution in [1.82, 2.24) is 15.0 Å². The number of aromatic nitrogens is 3. The predicted molar refractivity (Wildman–Crippen MR) is 90.8 cm³/mol. The van der Waals surface area contributed by atoms with Gasteiger partial charge in [-0.2, -0.15) is 0 Å². The quantitative estimate of drug-likeness (QED) is 0.750. The van der Waals surface area contributed by atoms with Crippen molar-refractivity contribution in [3.8, 4) is 0 Å². The van der Waals surface area contributed by atoms with Crippen molar-refractivity contribution in [3.63, 3.8) is 0 Å². The number of carbonyl (C=O) groups excluding carboxylic acids is 1. The molecule has 0 radical (unpaired) electrons. The summed E-state index contributed by atoms with van der Waals surface area (Å²) in [5, 5.41) is 11.1. The molecule has 1 N–H and O–H groups in total. The molecular formula is C17H14ClFN4O2. The Morgan fingerprint density at radius 3 is 2.80 bits per heavy atom. The second kappa shape index (κ2) is 7.76. The van der Waals surface area contributed by atoms with Gasteiger partial charge in [0.1, 0.15) is 18.1 Å². The lowest BCUT2D eigenvalue weighted by Crippen LogP contribution is -2.13. The van der Waals surface area contributed by atoms with Gasteiger partial charge in [0.2, 0.25) is 0 Å². The molecule has 0 aliphatic rings. The van der Waals surface area contributed by atoms with Crippen LogP contribution in [0.3, 0.4) is 0 Å². The van der Waals surface area contributed by atoms with Crippen molar-refractivity contribution in [2.75, 3.05) is 5.32 Å². The second-order valence-electron chi connectivity index (χ2n) is 5.25. The number of nitrogens with one attached hydrogen (secondary N) is 1. The zero-order valence-corrected chi connectivity index (χ0v) is 13.8. The third kappa shape index (κ3) is 5.02. The predicted octanol–water partition coefficient (Wildman–Crippen LogP) is 3.87. The molecule has 0 saturated heterocycles.